The molecule has 2 N–H and O–H groups in total. The van der Waals surface area contributed by atoms with Crippen LogP contribution in [0.2, 0.25) is 0 Å². The van der Waals surface area contributed by atoms with Crippen LogP contribution in [0.4, 0.5) is 5.69 Å². The number of anilines is 1. The molecule has 1 aromatic rings. The summed E-state index contributed by atoms with van der Waals surface area (Å²) in [6, 6.07) is 7.88. The summed E-state index contributed by atoms with van der Waals surface area (Å²) in [5, 5.41) is 13.0. The number of methoxy groups -OCH3 is 1. The highest BCUT2D eigenvalue weighted by molar-refractivity contribution is 5.50. The van der Waals surface area contributed by atoms with Crippen molar-refractivity contribution in [3.05, 3.63) is 29.8 Å². The summed E-state index contributed by atoms with van der Waals surface area (Å²) < 4.78 is 15.6. The van der Waals surface area contributed by atoms with Gasteiger partial charge in [-0.05, 0) is 13.0 Å². The summed E-state index contributed by atoms with van der Waals surface area (Å²) in [6.07, 6.45) is -0.549. The number of aliphatic hydroxyl groups is 1. The van der Waals surface area contributed by atoms with Crippen molar-refractivity contribution in [3.63, 3.8) is 0 Å². The molecule has 5 nitrogen and oxygen atoms in total. The Morgan fingerprint density at radius 1 is 1.20 bits per heavy atom. The van der Waals surface area contributed by atoms with E-state index in [0.717, 1.165) is 11.3 Å². The lowest BCUT2D eigenvalue weighted by Gasteiger charge is -2.15. The topological polar surface area (TPSA) is 60.0 Å². The van der Waals surface area contributed by atoms with Crippen LogP contribution in [0.1, 0.15) is 12.5 Å². The summed E-state index contributed by atoms with van der Waals surface area (Å²) in [4.78, 5) is 0. The first-order valence-corrected chi connectivity index (χ1v) is 6.92. The third-order valence-electron chi connectivity index (χ3n) is 2.73. The van der Waals surface area contributed by atoms with E-state index in [4.69, 9.17) is 14.2 Å². The molecule has 1 aromatic carbocycles. The maximum Gasteiger partial charge on any atom is 0.0945 e. The van der Waals surface area contributed by atoms with Gasteiger partial charge in [-0.15, -0.1) is 0 Å². The van der Waals surface area contributed by atoms with Crippen molar-refractivity contribution in [2.75, 3.05) is 45.4 Å². The highest BCUT2D eigenvalue weighted by Gasteiger charge is 2.06. The van der Waals surface area contributed by atoms with Gasteiger partial charge in [0.1, 0.15) is 0 Å². The molecule has 0 radical (unpaired) electrons. The number of para-hydroxylation sites is 1. The molecule has 114 valence electrons. The molecule has 0 aliphatic rings. The number of nitrogens with one attached hydrogen (secondary N) is 1. The van der Waals surface area contributed by atoms with Gasteiger partial charge in [-0.1, -0.05) is 18.2 Å². The Morgan fingerprint density at radius 2 is 1.95 bits per heavy atom. The van der Waals surface area contributed by atoms with E-state index in [1.54, 1.807) is 7.11 Å². The number of aliphatic hydroxyl groups excluding tert-OH is 1. The summed E-state index contributed by atoms with van der Waals surface area (Å²) in [5.41, 5.74) is 2.04. The molecule has 0 saturated carbocycles. The van der Waals surface area contributed by atoms with Gasteiger partial charge in [-0.25, -0.2) is 0 Å². The average molecular weight is 283 g/mol. The van der Waals surface area contributed by atoms with Crippen molar-refractivity contribution >= 4 is 5.69 Å². The van der Waals surface area contributed by atoms with Crippen molar-refractivity contribution < 1.29 is 19.3 Å². The van der Waals surface area contributed by atoms with E-state index < -0.39 is 6.10 Å². The third-order valence-corrected chi connectivity index (χ3v) is 2.73. The molecule has 5 heteroatoms. The number of ether oxygens (including phenoxy) is 3. The lowest BCUT2D eigenvalue weighted by Crippen LogP contribution is -2.26. The molecule has 0 aromatic heterocycles. The number of hydrogen-bond acceptors (Lipinski definition) is 5. The lowest BCUT2D eigenvalue weighted by molar-refractivity contribution is 0.0103. The first-order chi connectivity index (χ1) is 9.77. The first-order valence-electron chi connectivity index (χ1n) is 6.92. The molecular formula is C15H25NO4. The second kappa shape index (κ2) is 10.6. The quantitative estimate of drug-likeness (QED) is 0.605. The molecule has 20 heavy (non-hydrogen) atoms. The van der Waals surface area contributed by atoms with Gasteiger partial charge in [0.2, 0.25) is 0 Å². The largest absolute Gasteiger partial charge is 0.389 e. The Kier molecular flexibility index (Phi) is 8.98. The monoisotopic (exact) mass is 283 g/mol. The van der Waals surface area contributed by atoms with Crippen LogP contribution >= 0.6 is 0 Å². The van der Waals surface area contributed by atoms with Gasteiger partial charge >= 0.3 is 0 Å². The number of rotatable bonds is 11. The highest BCUT2D eigenvalue weighted by Crippen LogP contribution is 2.15. The lowest BCUT2D eigenvalue weighted by atomic mass is 10.2. The minimum atomic E-state index is -0.549. The zero-order chi connectivity index (χ0) is 14.6. The van der Waals surface area contributed by atoms with E-state index in [-0.39, 0.29) is 0 Å². The van der Waals surface area contributed by atoms with Crippen LogP contribution in [0.15, 0.2) is 24.3 Å². The van der Waals surface area contributed by atoms with Crippen LogP contribution in [0.25, 0.3) is 0 Å². The number of hydrogen-bond donors (Lipinski definition) is 2. The molecule has 0 saturated heterocycles. The van der Waals surface area contributed by atoms with Gasteiger partial charge in [0.15, 0.2) is 0 Å². The SMILES string of the molecule is CCOCCOCC(O)CNc1ccccc1COC. The Morgan fingerprint density at radius 3 is 2.70 bits per heavy atom. The van der Waals surface area contributed by atoms with E-state index in [1.165, 1.54) is 0 Å². The molecule has 1 rings (SSSR count). The van der Waals surface area contributed by atoms with Crippen molar-refractivity contribution in [2.24, 2.45) is 0 Å². The molecule has 0 aliphatic heterocycles. The Hall–Kier alpha value is -1.14. The first kappa shape index (κ1) is 16.9. The van der Waals surface area contributed by atoms with Gasteiger partial charge in [-0.3, -0.25) is 0 Å². The fraction of sp³-hybridized carbons (Fsp3) is 0.600. The molecule has 1 atom stereocenters. The van der Waals surface area contributed by atoms with Crippen molar-refractivity contribution in [1.29, 1.82) is 0 Å². The fourth-order valence-electron chi connectivity index (χ4n) is 1.74. The maximum absolute atomic E-state index is 9.83. The van der Waals surface area contributed by atoms with Gasteiger partial charge in [0.05, 0.1) is 32.5 Å². The second-order valence-corrected chi connectivity index (χ2v) is 4.40. The summed E-state index contributed by atoms with van der Waals surface area (Å²) in [7, 11) is 1.66. The smallest absolute Gasteiger partial charge is 0.0945 e. The Labute approximate surface area is 120 Å². The average Bonchev–Trinajstić information content (AvgIpc) is 2.46. The van der Waals surface area contributed by atoms with Gasteiger partial charge in [0, 0.05) is 31.5 Å². The van der Waals surface area contributed by atoms with E-state index >= 15 is 0 Å². The standard InChI is InChI=1S/C15H25NO4/c1-3-19-8-9-20-12-14(17)10-16-15-7-5-4-6-13(15)11-18-2/h4-7,14,16-17H,3,8-12H2,1-2H3. The van der Waals surface area contributed by atoms with Crippen LogP contribution in [0.5, 0.6) is 0 Å². The summed E-state index contributed by atoms with van der Waals surface area (Å²) in [5.74, 6) is 0. The van der Waals surface area contributed by atoms with Crippen molar-refractivity contribution in [1.82, 2.24) is 0 Å². The van der Waals surface area contributed by atoms with Crippen LogP contribution < -0.4 is 5.32 Å². The molecule has 1 unspecified atom stereocenters. The van der Waals surface area contributed by atoms with Crippen molar-refractivity contribution in [2.45, 2.75) is 19.6 Å². The van der Waals surface area contributed by atoms with E-state index in [9.17, 15) is 5.11 Å². The maximum atomic E-state index is 9.83. The van der Waals surface area contributed by atoms with Crippen LogP contribution in [-0.4, -0.2) is 51.3 Å². The van der Waals surface area contributed by atoms with Crippen LogP contribution in [0, 0.1) is 0 Å². The Balaban J connectivity index is 2.24. The normalized spacial score (nSPS) is 12.3. The minimum absolute atomic E-state index is 0.298. The fourth-order valence-corrected chi connectivity index (χ4v) is 1.74. The van der Waals surface area contributed by atoms with Crippen LogP contribution in [-0.2, 0) is 20.8 Å². The van der Waals surface area contributed by atoms with E-state index in [0.29, 0.717) is 39.6 Å². The van der Waals surface area contributed by atoms with Gasteiger partial charge in [0.25, 0.3) is 0 Å². The Bertz CT molecular complexity index is 359. The molecular weight excluding hydrogens is 258 g/mol. The van der Waals surface area contributed by atoms with Gasteiger partial charge in [-0.2, -0.15) is 0 Å². The van der Waals surface area contributed by atoms with E-state index in [1.807, 2.05) is 31.2 Å². The zero-order valence-corrected chi connectivity index (χ0v) is 12.3. The molecule has 0 bridgehead atoms. The highest BCUT2D eigenvalue weighted by atomic mass is 16.5. The summed E-state index contributed by atoms with van der Waals surface area (Å²) in [6.45, 7) is 4.98. The molecule has 0 heterocycles. The van der Waals surface area contributed by atoms with Crippen molar-refractivity contribution in [3.8, 4) is 0 Å². The molecule has 0 fully saturated rings. The van der Waals surface area contributed by atoms with Crippen LogP contribution in [0.3, 0.4) is 0 Å². The second-order valence-electron chi connectivity index (χ2n) is 4.40. The summed E-state index contributed by atoms with van der Waals surface area (Å²) >= 11 is 0. The third kappa shape index (κ3) is 6.86. The molecule has 0 aliphatic carbocycles. The predicted molar refractivity (Wildman–Crippen MR) is 79.0 cm³/mol. The molecule has 0 amide bonds. The molecule has 0 spiro atoms. The minimum Gasteiger partial charge on any atom is -0.389 e. The zero-order valence-electron chi connectivity index (χ0n) is 12.3. The predicted octanol–water partition coefficient (Wildman–Crippen LogP) is 1.66. The number of benzene rings is 1. The van der Waals surface area contributed by atoms with Gasteiger partial charge < -0.3 is 24.6 Å². The van der Waals surface area contributed by atoms with E-state index in [2.05, 4.69) is 5.32 Å².